The summed E-state index contributed by atoms with van der Waals surface area (Å²) in [6.45, 7) is 3.73. The molecular weight excluding hydrogens is 470 g/mol. The van der Waals surface area contributed by atoms with E-state index in [1.165, 1.54) is 17.7 Å². The highest BCUT2D eigenvalue weighted by Gasteiger charge is 2.29. The van der Waals surface area contributed by atoms with Gasteiger partial charge in [0.25, 0.3) is 0 Å². The molecule has 2 aromatic rings. The van der Waals surface area contributed by atoms with Crippen LogP contribution >= 0.6 is 24.0 Å². The Morgan fingerprint density at radius 2 is 1.85 bits per heavy atom. The van der Waals surface area contributed by atoms with Crippen molar-refractivity contribution >= 4 is 29.9 Å². The smallest absolute Gasteiger partial charge is 0.357 e. The Hall–Kier alpha value is -1.78. The predicted molar refractivity (Wildman–Crippen MR) is 111 cm³/mol. The van der Waals surface area contributed by atoms with Gasteiger partial charge in [0, 0.05) is 26.3 Å². The Morgan fingerprint density at radius 1 is 1.15 bits per heavy atom. The van der Waals surface area contributed by atoms with Gasteiger partial charge in [0.15, 0.2) is 5.96 Å². The number of halogens is 4. The van der Waals surface area contributed by atoms with E-state index in [2.05, 4.69) is 20.7 Å². The van der Waals surface area contributed by atoms with Crippen molar-refractivity contribution in [2.45, 2.75) is 32.5 Å². The molecule has 0 unspecified atom stereocenters. The number of nitrogens with one attached hydrogen (secondary N) is 2. The second kappa shape index (κ2) is 11.2. The summed E-state index contributed by atoms with van der Waals surface area (Å²) < 4.78 is 39.5. The Kier molecular flexibility index (Phi) is 9.61. The molecule has 0 amide bonds. The number of benzene rings is 1. The van der Waals surface area contributed by atoms with E-state index >= 15 is 0 Å². The summed E-state index contributed by atoms with van der Waals surface area (Å²) in [5, 5.41) is 10.5. The second-order valence-corrected chi connectivity index (χ2v) is 5.94. The SMILES string of the molecule is CCNC(=NCc1ccc(C(F)(F)F)cc1)NCCCc1cnn(C)c1.I. The van der Waals surface area contributed by atoms with E-state index in [0.717, 1.165) is 37.1 Å². The first-order valence-corrected chi connectivity index (χ1v) is 8.54. The van der Waals surface area contributed by atoms with Crippen LogP contribution in [0.5, 0.6) is 0 Å². The maximum atomic E-state index is 12.6. The molecule has 0 radical (unpaired) electrons. The topological polar surface area (TPSA) is 54.2 Å². The number of nitrogens with zero attached hydrogens (tertiary/aromatic N) is 3. The van der Waals surface area contributed by atoms with Gasteiger partial charge in [-0.2, -0.15) is 18.3 Å². The van der Waals surface area contributed by atoms with Crippen LogP contribution in [-0.4, -0.2) is 28.8 Å². The fourth-order valence-electron chi connectivity index (χ4n) is 2.41. The van der Waals surface area contributed by atoms with E-state index in [4.69, 9.17) is 0 Å². The number of aliphatic imine (C=N–C) groups is 1. The number of aromatic nitrogens is 2. The van der Waals surface area contributed by atoms with Gasteiger partial charge < -0.3 is 10.6 Å². The van der Waals surface area contributed by atoms with Gasteiger partial charge in [0.1, 0.15) is 0 Å². The van der Waals surface area contributed by atoms with Crippen molar-refractivity contribution in [3.05, 3.63) is 53.3 Å². The van der Waals surface area contributed by atoms with E-state index in [-0.39, 0.29) is 24.0 Å². The van der Waals surface area contributed by atoms with Crippen LogP contribution in [0.15, 0.2) is 41.7 Å². The summed E-state index contributed by atoms with van der Waals surface area (Å²) in [6.07, 6.45) is 1.37. The van der Waals surface area contributed by atoms with Gasteiger partial charge in [-0.3, -0.25) is 4.68 Å². The van der Waals surface area contributed by atoms with Crippen molar-refractivity contribution in [1.82, 2.24) is 20.4 Å². The quantitative estimate of drug-likeness (QED) is 0.267. The zero-order valence-corrected chi connectivity index (χ0v) is 17.7. The Bertz CT molecular complexity index is 711. The molecule has 0 saturated heterocycles. The predicted octanol–water partition coefficient (Wildman–Crippen LogP) is 3.74. The zero-order chi connectivity index (χ0) is 19.0. The van der Waals surface area contributed by atoms with Gasteiger partial charge in [-0.25, -0.2) is 4.99 Å². The highest BCUT2D eigenvalue weighted by Crippen LogP contribution is 2.29. The van der Waals surface area contributed by atoms with Gasteiger partial charge in [-0.15, -0.1) is 24.0 Å². The summed E-state index contributed by atoms with van der Waals surface area (Å²) in [5.74, 6) is 0.651. The Balaban J connectivity index is 0.00000364. The maximum Gasteiger partial charge on any atom is 0.416 e. The van der Waals surface area contributed by atoms with E-state index in [9.17, 15) is 13.2 Å². The van der Waals surface area contributed by atoms with Crippen molar-refractivity contribution in [2.24, 2.45) is 12.0 Å². The Morgan fingerprint density at radius 3 is 2.41 bits per heavy atom. The van der Waals surface area contributed by atoms with Gasteiger partial charge in [0.2, 0.25) is 0 Å². The molecule has 1 aromatic heterocycles. The normalized spacial score (nSPS) is 11.8. The summed E-state index contributed by atoms with van der Waals surface area (Å²) >= 11 is 0. The molecule has 1 aromatic carbocycles. The summed E-state index contributed by atoms with van der Waals surface area (Å²) in [4.78, 5) is 4.42. The van der Waals surface area contributed by atoms with Crippen LogP contribution in [0, 0.1) is 0 Å². The molecule has 0 aliphatic heterocycles. The molecule has 9 heteroatoms. The molecule has 0 aliphatic rings. The minimum absolute atomic E-state index is 0. The zero-order valence-electron chi connectivity index (χ0n) is 15.4. The molecule has 5 nitrogen and oxygen atoms in total. The highest BCUT2D eigenvalue weighted by molar-refractivity contribution is 14.0. The molecule has 0 aliphatic carbocycles. The number of alkyl halides is 3. The molecule has 0 atom stereocenters. The van der Waals surface area contributed by atoms with Crippen molar-refractivity contribution in [3.8, 4) is 0 Å². The molecule has 0 spiro atoms. The first kappa shape index (κ1) is 23.3. The lowest BCUT2D eigenvalue weighted by Crippen LogP contribution is -2.37. The molecule has 1 heterocycles. The lowest BCUT2D eigenvalue weighted by molar-refractivity contribution is -0.137. The molecule has 2 N–H and O–H groups in total. The van der Waals surface area contributed by atoms with E-state index in [1.807, 2.05) is 26.4 Å². The van der Waals surface area contributed by atoms with E-state index < -0.39 is 11.7 Å². The third-order valence-electron chi connectivity index (χ3n) is 3.74. The minimum Gasteiger partial charge on any atom is -0.357 e. The standard InChI is InChI=1S/C18H24F3N5.HI/c1-3-22-17(23-10-4-5-15-12-25-26(2)13-15)24-11-14-6-8-16(9-7-14)18(19,20)21;/h6-9,12-13H,3-5,10-11H2,1-2H3,(H2,22,23,24);1H. The van der Waals surface area contributed by atoms with E-state index in [1.54, 1.807) is 4.68 Å². The van der Waals surface area contributed by atoms with Crippen LogP contribution in [0.3, 0.4) is 0 Å². The fourth-order valence-corrected chi connectivity index (χ4v) is 2.41. The largest absolute Gasteiger partial charge is 0.416 e. The van der Waals surface area contributed by atoms with Gasteiger partial charge in [-0.1, -0.05) is 12.1 Å². The van der Waals surface area contributed by atoms with Gasteiger partial charge in [-0.05, 0) is 43.0 Å². The first-order chi connectivity index (χ1) is 12.4. The van der Waals surface area contributed by atoms with Crippen molar-refractivity contribution in [3.63, 3.8) is 0 Å². The summed E-state index contributed by atoms with van der Waals surface area (Å²) in [7, 11) is 1.89. The van der Waals surface area contributed by atoms with Crippen LogP contribution in [-0.2, 0) is 26.2 Å². The first-order valence-electron chi connectivity index (χ1n) is 8.54. The van der Waals surface area contributed by atoms with E-state index in [0.29, 0.717) is 19.0 Å². The van der Waals surface area contributed by atoms with Crippen LogP contribution in [0.2, 0.25) is 0 Å². The lowest BCUT2D eigenvalue weighted by Gasteiger charge is -2.11. The van der Waals surface area contributed by atoms with Gasteiger partial charge >= 0.3 is 6.18 Å². The van der Waals surface area contributed by atoms with Gasteiger partial charge in [0.05, 0.1) is 18.3 Å². The third-order valence-corrected chi connectivity index (χ3v) is 3.74. The fraction of sp³-hybridized carbons (Fsp3) is 0.444. The number of guanidine groups is 1. The minimum atomic E-state index is -4.31. The van der Waals surface area contributed by atoms with Crippen molar-refractivity contribution in [1.29, 1.82) is 0 Å². The van der Waals surface area contributed by atoms with Crippen molar-refractivity contribution in [2.75, 3.05) is 13.1 Å². The highest BCUT2D eigenvalue weighted by atomic mass is 127. The number of hydrogen-bond donors (Lipinski definition) is 2. The molecule has 2 rings (SSSR count). The average molecular weight is 495 g/mol. The number of rotatable bonds is 7. The molecule has 27 heavy (non-hydrogen) atoms. The monoisotopic (exact) mass is 495 g/mol. The average Bonchev–Trinajstić information content (AvgIpc) is 3.01. The molecule has 0 saturated carbocycles. The summed E-state index contributed by atoms with van der Waals surface area (Å²) in [5.41, 5.74) is 1.26. The van der Waals surface area contributed by atoms with Crippen LogP contribution in [0.4, 0.5) is 13.2 Å². The molecule has 0 fully saturated rings. The molecule has 150 valence electrons. The van der Waals surface area contributed by atoms with Crippen molar-refractivity contribution < 1.29 is 13.2 Å². The Labute approximate surface area is 174 Å². The van der Waals surface area contributed by atoms with Crippen LogP contribution in [0.1, 0.15) is 30.0 Å². The van der Waals surface area contributed by atoms with Crippen LogP contribution < -0.4 is 10.6 Å². The number of aryl methyl sites for hydroxylation is 2. The summed E-state index contributed by atoms with van der Waals surface area (Å²) in [6, 6.07) is 5.08. The lowest BCUT2D eigenvalue weighted by atomic mass is 10.1. The van der Waals surface area contributed by atoms with Crippen LogP contribution in [0.25, 0.3) is 0 Å². The molecular formula is C18H25F3IN5. The molecule has 0 bridgehead atoms. The second-order valence-electron chi connectivity index (χ2n) is 5.94. The number of hydrogen-bond acceptors (Lipinski definition) is 2. The third kappa shape index (κ3) is 8.19. The maximum absolute atomic E-state index is 12.6.